The van der Waals surface area contributed by atoms with Crippen molar-refractivity contribution in [3.63, 3.8) is 0 Å². The first kappa shape index (κ1) is 13.9. The van der Waals surface area contributed by atoms with E-state index in [2.05, 4.69) is 20.7 Å². The Morgan fingerprint density at radius 1 is 1.35 bits per heavy atom. The maximum Gasteiger partial charge on any atom is 0.315 e. The number of hydrogen-bond donors (Lipinski definition) is 3. The largest absolute Gasteiger partial charge is 0.469 e. The van der Waals surface area contributed by atoms with Gasteiger partial charge in [0.15, 0.2) is 5.54 Å². The van der Waals surface area contributed by atoms with Gasteiger partial charge in [-0.05, 0) is 6.07 Å². The zero-order valence-corrected chi connectivity index (χ0v) is 11.1. The van der Waals surface area contributed by atoms with E-state index in [-0.39, 0.29) is 6.42 Å². The predicted molar refractivity (Wildman–Crippen MR) is 71.0 cm³/mol. The van der Waals surface area contributed by atoms with Crippen molar-refractivity contribution in [2.75, 3.05) is 19.5 Å². The number of methoxy groups -OCH3 is 1. The van der Waals surface area contributed by atoms with Crippen LogP contribution in [0.2, 0.25) is 0 Å². The Kier molecular flexibility index (Phi) is 3.60. The van der Waals surface area contributed by atoms with Gasteiger partial charge >= 0.3 is 12.0 Å². The lowest BCUT2D eigenvalue weighted by Gasteiger charge is -2.27. The highest BCUT2D eigenvalue weighted by Gasteiger charge is 2.49. The molecule has 0 aromatic heterocycles. The second-order valence-electron chi connectivity index (χ2n) is 4.36. The van der Waals surface area contributed by atoms with Crippen LogP contribution in [0.5, 0.6) is 0 Å². The highest BCUT2D eigenvalue weighted by molar-refractivity contribution is 6.09. The summed E-state index contributed by atoms with van der Waals surface area (Å²) in [4.78, 5) is 35.6. The fourth-order valence-corrected chi connectivity index (χ4v) is 2.20. The third kappa shape index (κ3) is 2.18. The van der Waals surface area contributed by atoms with Crippen LogP contribution in [0, 0.1) is 0 Å². The molecule has 0 fully saturated rings. The highest BCUT2D eigenvalue weighted by Crippen LogP contribution is 2.38. The Balaban J connectivity index is 2.48. The molecule has 0 aliphatic carbocycles. The van der Waals surface area contributed by atoms with Crippen LogP contribution in [0.4, 0.5) is 10.5 Å². The zero-order valence-electron chi connectivity index (χ0n) is 11.1. The number of carbonyl (C=O) groups is 3. The molecule has 1 aromatic carbocycles. The molecular weight excluding hydrogens is 262 g/mol. The van der Waals surface area contributed by atoms with Gasteiger partial charge in [-0.25, -0.2) is 4.79 Å². The molecule has 3 amide bonds. The minimum atomic E-state index is -1.45. The van der Waals surface area contributed by atoms with Crippen molar-refractivity contribution in [2.24, 2.45) is 0 Å². The van der Waals surface area contributed by atoms with Gasteiger partial charge in [0.1, 0.15) is 0 Å². The number of amides is 3. The number of para-hydroxylation sites is 1. The van der Waals surface area contributed by atoms with Crippen LogP contribution in [0.25, 0.3) is 0 Å². The summed E-state index contributed by atoms with van der Waals surface area (Å²) in [6.07, 6.45) is -0.278. The van der Waals surface area contributed by atoms with Gasteiger partial charge in [-0.2, -0.15) is 0 Å². The van der Waals surface area contributed by atoms with Crippen LogP contribution >= 0.6 is 0 Å². The summed E-state index contributed by atoms with van der Waals surface area (Å²) in [7, 11) is 2.66. The molecule has 0 saturated carbocycles. The average Bonchev–Trinajstić information content (AvgIpc) is 2.71. The normalized spacial score (nSPS) is 19.8. The Morgan fingerprint density at radius 3 is 2.70 bits per heavy atom. The summed E-state index contributed by atoms with van der Waals surface area (Å²) in [6, 6.07) is 6.33. The smallest absolute Gasteiger partial charge is 0.315 e. The van der Waals surface area contributed by atoms with E-state index in [9.17, 15) is 14.4 Å². The maximum atomic E-state index is 12.3. The van der Waals surface area contributed by atoms with Gasteiger partial charge in [-0.3, -0.25) is 9.59 Å². The molecule has 0 bridgehead atoms. The number of hydrogen-bond acceptors (Lipinski definition) is 4. The molecule has 0 radical (unpaired) electrons. The van der Waals surface area contributed by atoms with Crippen molar-refractivity contribution in [1.82, 2.24) is 10.6 Å². The number of benzene rings is 1. The van der Waals surface area contributed by atoms with Gasteiger partial charge in [0.25, 0.3) is 5.91 Å². The molecule has 106 valence electrons. The molecule has 0 saturated heterocycles. The van der Waals surface area contributed by atoms with Crippen LogP contribution in [0.1, 0.15) is 12.0 Å². The van der Waals surface area contributed by atoms with E-state index in [1.807, 2.05) is 0 Å². The summed E-state index contributed by atoms with van der Waals surface area (Å²) in [5, 5.41) is 7.59. The summed E-state index contributed by atoms with van der Waals surface area (Å²) < 4.78 is 4.63. The third-order valence-electron chi connectivity index (χ3n) is 3.21. The van der Waals surface area contributed by atoms with Crippen molar-refractivity contribution in [1.29, 1.82) is 0 Å². The van der Waals surface area contributed by atoms with E-state index in [1.165, 1.54) is 14.2 Å². The summed E-state index contributed by atoms with van der Waals surface area (Å²) in [5.41, 5.74) is -0.346. The van der Waals surface area contributed by atoms with Gasteiger partial charge < -0.3 is 20.7 Å². The van der Waals surface area contributed by atoms with Crippen molar-refractivity contribution >= 4 is 23.6 Å². The monoisotopic (exact) mass is 277 g/mol. The van der Waals surface area contributed by atoms with E-state index < -0.39 is 23.4 Å². The Bertz CT molecular complexity index is 552. The molecule has 1 aliphatic rings. The van der Waals surface area contributed by atoms with E-state index >= 15 is 0 Å². The summed E-state index contributed by atoms with van der Waals surface area (Å²) in [6.45, 7) is 0. The minimum absolute atomic E-state index is 0.278. The molecule has 1 unspecified atom stereocenters. The summed E-state index contributed by atoms with van der Waals surface area (Å²) in [5.74, 6) is -1.05. The van der Waals surface area contributed by atoms with Crippen LogP contribution in [-0.2, 0) is 19.9 Å². The van der Waals surface area contributed by atoms with Crippen molar-refractivity contribution in [2.45, 2.75) is 12.0 Å². The number of anilines is 1. The lowest BCUT2D eigenvalue weighted by Crippen LogP contribution is -2.54. The van der Waals surface area contributed by atoms with Crippen LogP contribution < -0.4 is 16.0 Å². The number of nitrogens with one attached hydrogen (secondary N) is 3. The van der Waals surface area contributed by atoms with Crippen molar-refractivity contribution < 1.29 is 19.1 Å². The molecule has 1 heterocycles. The molecule has 1 aromatic rings. The number of carbonyl (C=O) groups excluding carboxylic acids is 3. The predicted octanol–water partition coefficient (Wildman–Crippen LogP) is 0.326. The lowest BCUT2D eigenvalue weighted by atomic mass is 9.88. The molecular formula is C13H15N3O4. The van der Waals surface area contributed by atoms with E-state index in [1.54, 1.807) is 24.3 Å². The molecule has 7 nitrogen and oxygen atoms in total. The molecule has 20 heavy (non-hydrogen) atoms. The number of urea groups is 1. The number of esters is 1. The van der Waals surface area contributed by atoms with E-state index in [0.29, 0.717) is 11.3 Å². The van der Waals surface area contributed by atoms with Crippen LogP contribution in [0.3, 0.4) is 0 Å². The SMILES string of the molecule is CNC(=O)NC1(CC(=O)OC)C(=O)Nc2ccccc21. The second-order valence-corrected chi connectivity index (χ2v) is 4.36. The molecule has 1 atom stereocenters. The first-order chi connectivity index (χ1) is 9.53. The van der Waals surface area contributed by atoms with Crippen molar-refractivity contribution in [3.8, 4) is 0 Å². The number of rotatable bonds is 3. The molecule has 0 spiro atoms. The number of fused-ring (bicyclic) bond motifs is 1. The first-order valence-corrected chi connectivity index (χ1v) is 6.01. The number of ether oxygens (including phenoxy) is 1. The van der Waals surface area contributed by atoms with E-state index in [0.717, 1.165) is 0 Å². The van der Waals surface area contributed by atoms with Gasteiger partial charge in [0.2, 0.25) is 0 Å². The second kappa shape index (κ2) is 5.20. The van der Waals surface area contributed by atoms with Gasteiger partial charge in [0, 0.05) is 18.3 Å². The highest BCUT2D eigenvalue weighted by atomic mass is 16.5. The van der Waals surface area contributed by atoms with Gasteiger partial charge in [-0.1, -0.05) is 18.2 Å². The quantitative estimate of drug-likeness (QED) is 0.693. The first-order valence-electron chi connectivity index (χ1n) is 6.01. The maximum absolute atomic E-state index is 12.3. The fraction of sp³-hybridized carbons (Fsp3) is 0.308. The molecule has 3 N–H and O–H groups in total. The van der Waals surface area contributed by atoms with Gasteiger partial charge in [-0.15, -0.1) is 0 Å². The third-order valence-corrected chi connectivity index (χ3v) is 3.21. The lowest BCUT2D eigenvalue weighted by molar-refractivity contribution is -0.144. The standard InChI is InChI=1S/C13H15N3O4/c1-14-12(19)16-13(7-10(17)20-2)8-5-3-4-6-9(8)15-11(13)18/h3-6H,7H2,1-2H3,(H,15,18)(H2,14,16,19). The Morgan fingerprint density at radius 2 is 2.05 bits per heavy atom. The Hall–Kier alpha value is -2.57. The van der Waals surface area contributed by atoms with Crippen LogP contribution in [-0.4, -0.2) is 32.1 Å². The van der Waals surface area contributed by atoms with E-state index in [4.69, 9.17) is 0 Å². The Labute approximate surface area is 115 Å². The minimum Gasteiger partial charge on any atom is -0.469 e. The molecule has 1 aliphatic heterocycles. The molecule has 7 heteroatoms. The zero-order chi connectivity index (χ0) is 14.8. The van der Waals surface area contributed by atoms with Crippen LogP contribution in [0.15, 0.2) is 24.3 Å². The molecule has 2 rings (SSSR count). The average molecular weight is 277 g/mol. The topological polar surface area (TPSA) is 96.5 Å². The van der Waals surface area contributed by atoms with Gasteiger partial charge in [0.05, 0.1) is 13.5 Å². The summed E-state index contributed by atoms with van der Waals surface area (Å²) >= 11 is 0. The fourth-order valence-electron chi connectivity index (χ4n) is 2.20. The van der Waals surface area contributed by atoms with Crippen molar-refractivity contribution in [3.05, 3.63) is 29.8 Å².